The van der Waals surface area contributed by atoms with Gasteiger partial charge in [0.05, 0.1) is 6.54 Å². The molecule has 5 heteroatoms. The SMILES string of the molecule is CCCCCCCN(CCN)CC(F)(F)F. The molecule has 0 fully saturated rings. The highest BCUT2D eigenvalue weighted by Gasteiger charge is 2.29. The summed E-state index contributed by atoms with van der Waals surface area (Å²) in [5, 5.41) is 0. The molecule has 0 radical (unpaired) electrons. The van der Waals surface area contributed by atoms with E-state index in [-0.39, 0.29) is 6.54 Å². The van der Waals surface area contributed by atoms with Gasteiger partial charge in [0.15, 0.2) is 0 Å². The summed E-state index contributed by atoms with van der Waals surface area (Å²) in [6.07, 6.45) is 1.14. The highest BCUT2D eigenvalue weighted by atomic mass is 19.4. The second-order valence-electron chi connectivity index (χ2n) is 4.09. The Bertz CT molecular complexity index is 160. The fourth-order valence-corrected chi connectivity index (χ4v) is 1.65. The number of nitrogens with two attached hydrogens (primary N) is 1. The summed E-state index contributed by atoms with van der Waals surface area (Å²) >= 11 is 0. The molecule has 0 aromatic heterocycles. The van der Waals surface area contributed by atoms with Crippen LogP contribution in [-0.2, 0) is 0 Å². The monoisotopic (exact) mass is 240 g/mol. The molecule has 0 heterocycles. The smallest absolute Gasteiger partial charge is 0.329 e. The van der Waals surface area contributed by atoms with Crippen LogP contribution in [0.2, 0.25) is 0 Å². The fraction of sp³-hybridized carbons (Fsp3) is 1.00. The van der Waals surface area contributed by atoms with Gasteiger partial charge in [-0.2, -0.15) is 13.2 Å². The van der Waals surface area contributed by atoms with Gasteiger partial charge in [-0.15, -0.1) is 0 Å². The molecular weight excluding hydrogens is 217 g/mol. The normalized spacial score (nSPS) is 12.4. The first-order valence-electron chi connectivity index (χ1n) is 5.98. The van der Waals surface area contributed by atoms with Crippen molar-refractivity contribution >= 4 is 0 Å². The lowest BCUT2D eigenvalue weighted by Gasteiger charge is -2.22. The van der Waals surface area contributed by atoms with E-state index in [1.165, 1.54) is 4.90 Å². The average molecular weight is 240 g/mol. The van der Waals surface area contributed by atoms with Crippen molar-refractivity contribution in [3.8, 4) is 0 Å². The van der Waals surface area contributed by atoms with Crippen molar-refractivity contribution in [2.45, 2.75) is 45.2 Å². The zero-order valence-corrected chi connectivity index (χ0v) is 10.0. The van der Waals surface area contributed by atoms with Crippen molar-refractivity contribution in [2.75, 3.05) is 26.2 Å². The first kappa shape index (κ1) is 15.7. The molecule has 2 nitrogen and oxygen atoms in total. The third-order valence-electron chi connectivity index (χ3n) is 2.43. The lowest BCUT2D eigenvalue weighted by Crippen LogP contribution is -2.38. The molecule has 16 heavy (non-hydrogen) atoms. The summed E-state index contributed by atoms with van der Waals surface area (Å²) in [5.74, 6) is 0. The molecule has 0 saturated heterocycles. The highest BCUT2D eigenvalue weighted by molar-refractivity contribution is 4.63. The first-order chi connectivity index (χ1) is 7.49. The van der Waals surface area contributed by atoms with Gasteiger partial charge in [0.1, 0.15) is 0 Å². The van der Waals surface area contributed by atoms with Crippen LogP contribution >= 0.6 is 0 Å². The molecule has 0 atom stereocenters. The molecule has 0 aromatic carbocycles. The van der Waals surface area contributed by atoms with Gasteiger partial charge in [0, 0.05) is 13.1 Å². The van der Waals surface area contributed by atoms with Crippen LogP contribution in [0.25, 0.3) is 0 Å². The summed E-state index contributed by atoms with van der Waals surface area (Å²) in [6.45, 7) is 2.39. The Kier molecular flexibility index (Phi) is 8.66. The van der Waals surface area contributed by atoms with Crippen molar-refractivity contribution in [1.82, 2.24) is 4.90 Å². The molecule has 0 aliphatic heterocycles. The molecule has 0 aromatic rings. The van der Waals surface area contributed by atoms with Crippen LogP contribution in [0.15, 0.2) is 0 Å². The third-order valence-corrected chi connectivity index (χ3v) is 2.43. The van der Waals surface area contributed by atoms with E-state index in [4.69, 9.17) is 5.73 Å². The van der Waals surface area contributed by atoms with Crippen molar-refractivity contribution < 1.29 is 13.2 Å². The molecule has 0 amide bonds. The van der Waals surface area contributed by atoms with Crippen LogP contribution in [0, 0.1) is 0 Å². The van der Waals surface area contributed by atoms with Crippen LogP contribution in [0.3, 0.4) is 0 Å². The summed E-state index contributed by atoms with van der Waals surface area (Å²) in [4.78, 5) is 1.39. The van der Waals surface area contributed by atoms with Gasteiger partial charge in [-0.1, -0.05) is 32.6 Å². The van der Waals surface area contributed by atoms with E-state index in [0.717, 1.165) is 32.1 Å². The van der Waals surface area contributed by atoms with Crippen molar-refractivity contribution in [3.63, 3.8) is 0 Å². The predicted octanol–water partition coefficient (Wildman–Crippen LogP) is 2.78. The Labute approximate surface area is 96.0 Å². The van der Waals surface area contributed by atoms with Crippen LogP contribution in [0.1, 0.15) is 39.0 Å². The van der Waals surface area contributed by atoms with Gasteiger partial charge in [-0.25, -0.2) is 0 Å². The topological polar surface area (TPSA) is 29.3 Å². The minimum atomic E-state index is -4.11. The quantitative estimate of drug-likeness (QED) is 0.628. The molecule has 0 bridgehead atoms. The van der Waals surface area contributed by atoms with Gasteiger partial charge < -0.3 is 5.73 Å². The van der Waals surface area contributed by atoms with Crippen molar-refractivity contribution in [2.24, 2.45) is 5.73 Å². The molecule has 0 spiro atoms. The van der Waals surface area contributed by atoms with Crippen LogP contribution in [-0.4, -0.2) is 37.3 Å². The number of nitrogens with zero attached hydrogens (tertiary/aromatic N) is 1. The number of hydrogen-bond donors (Lipinski definition) is 1. The molecular formula is C11H23F3N2. The van der Waals surface area contributed by atoms with E-state index in [2.05, 4.69) is 6.92 Å². The van der Waals surface area contributed by atoms with Gasteiger partial charge in [-0.3, -0.25) is 4.90 Å². The Morgan fingerprint density at radius 3 is 2.12 bits per heavy atom. The Hall–Kier alpha value is -0.290. The van der Waals surface area contributed by atoms with E-state index in [9.17, 15) is 13.2 Å². The zero-order valence-electron chi connectivity index (χ0n) is 10.0. The highest BCUT2D eigenvalue weighted by Crippen LogP contribution is 2.16. The molecule has 0 rings (SSSR count). The van der Waals surface area contributed by atoms with Crippen LogP contribution in [0.5, 0.6) is 0 Å². The molecule has 2 N–H and O–H groups in total. The minimum Gasteiger partial charge on any atom is -0.329 e. The lowest BCUT2D eigenvalue weighted by atomic mass is 10.1. The van der Waals surface area contributed by atoms with Crippen molar-refractivity contribution in [3.05, 3.63) is 0 Å². The van der Waals surface area contributed by atoms with E-state index in [1.807, 2.05) is 0 Å². The maximum Gasteiger partial charge on any atom is 0.401 e. The average Bonchev–Trinajstić information content (AvgIpc) is 2.15. The number of hydrogen-bond acceptors (Lipinski definition) is 2. The summed E-state index contributed by atoms with van der Waals surface area (Å²) in [5.41, 5.74) is 5.29. The summed E-state index contributed by atoms with van der Waals surface area (Å²) < 4.78 is 36.5. The summed E-state index contributed by atoms with van der Waals surface area (Å²) in [6, 6.07) is 0. The number of unbranched alkanes of at least 4 members (excludes halogenated alkanes) is 4. The molecule has 98 valence electrons. The maximum atomic E-state index is 12.2. The van der Waals surface area contributed by atoms with Crippen LogP contribution < -0.4 is 5.73 Å². The largest absolute Gasteiger partial charge is 0.401 e. The van der Waals surface area contributed by atoms with Crippen LogP contribution in [0.4, 0.5) is 13.2 Å². The predicted molar refractivity (Wildman–Crippen MR) is 60.3 cm³/mol. The summed E-state index contributed by atoms with van der Waals surface area (Å²) in [7, 11) is 0. The standard InChI is InChI=1S/C11H23F3N2/c1-2-3-4-5-6-8-16(9-7-15)10-11(12,13)14/h2-10,15H2,1H3. The zero-order chi connectivity index (χ0) is 12.4. The van der Waals surface area contributed by atoms with E-state index >= 15 is 0 Å². The lowest BCUT2D eigenvalue weighted by molar-refractivity contribution is -0.145. The molecule has 0 aliphatic carbocycles. The van der Waals surface area contributed by atoms with Gasteiger partial charge in [0.2, 0.25) is 0 Å². The van der Waals surface area contributed by atoms with E-state index < -0.39 is 12.7 Å². The van der Waals surface area contributed by atoms with Gasteiger partial charge in [-0.05, 0) is 13.0 Å². The molecule has 0 saturated carbocycles. The van der Waals surface area contributed by atoms with Crippen molar-refractivity contribution in [1.29, 1.82) is 0 Å². The number of halogens is 3. The molecule has 0 aliphatic rings. The molecule has 0 unspecified atom stereocenters. The van der Waals surface area contributed by atoms with E-state index in [0.29, 0.717) is 13.1 Å². The van der Waals surface area contributed by atoms with Gasteiger partial charge >= 0.3 is 6.18 Å². The Morgan fingerprint density at radius 1 is 1.00 bits per heavy atom. The fourth-order valence-electron chi connectivity index (χ4n) is 1.65. The second-order valence-corrected chi connectivity index (χ2v) is 4.09. The van der Waals surface area contributed by atoms with Gasteiger partial charge in [0.25, 0.3) is 0 Å². The third kappa shape index (κ3) is 10.2. The first-order valence-corrected chi connectivity index (χ1v) is 5.98. The number of rotatable bonds is 9. The maximum absolute atomic E-state index is 12.2. The minimum absolute atomic E-state index is 0.283. The van der Waals surface area contributed by atoms with E-state index in [1.54, 1.807) is 0 Å². The second kappa shape index (κ2) is 8.82. The Balaban J connectivity index is 3.68. The number of alkyl halides is 3. The Morgan fingerprint density at radius 2 is 1.62 bits per heavy atom.